The highest BCUT2D eigenvalue weighted by Gasteiger charge is 2.31. The van der Waals surface area contributed by atoms with Crippen molar-refractivity contribution in [1.29, 1.82) is 0 Å². The molecule has 0 bridgehead atoms. The second-order valence-electron chi connectivity index (χ2n) is 8.48. The van der Waals surface area contributed by atoms with E-state index < -0.39 is 0 Å². The van der Waals surface area contributed by atoms with Gasteiger partial charge in [0, 0.05) is 0 Å². The van der Waals surface area contributed by atoms with E-state index in [1.807, 2.05) is 42.5 Å². The van der Waals surface area contributed by atoms with Crippen molar-refractivity contribution in [3.63, 3.8) is 0 Å². The maximum Gasteiger partial charge on any atom is 0.168 e. The minimum Gasteiger partial charge on any atom is -0.455 e. The van der Waals surface area contributed by atoms with E-state index in [2.05, 4.69) is 6.08 Å². The highest BCUT2D eigenvalue weighted by molar-refractivity contribution is 5.77. The van der Waals surface area contributed by atoms with Gasteiger partial charge in [-0.3, -0.25) is 20.8 Å². The van der Waals surface area contributed by atoms with Crippen molar-refractivity contribution < 1.29 is 40.2 Å². The van der Waals surface area contributed by atoms with E-state index in [-0.39, 0.29) is 22.7 Å². The van der Waals surface area contributed by atoms with Crippen LogP contribution in [0.4, 0.5) is 22.7 Å². The summed E-state index contributed by atoms with van der Waals surface area (Å²) in [6.07, 6.45) is 9.21. The molecule has 0 aromatic heterocycles. The van der Waals surface area contributed by atoms with Crippen LogP contribution in [0.2, 0.25) is 0 Å². The summed E-state index contributed by atoms with van der Waals surface area (Å²) in [5, 5.41) is 40.9. The fraction of sp³-hybridized carbons (Fsp3) is 0.0769. The van der Waals surface area contributed by atoms with E-state index in [9.17, 15) is 20.8 Å². The molecule has 0 spiro atoms. The second kappa shape index (κ2) is 9.72. The molecule has 3 aliphatic rings. The number of hydrogen-bond acceptors (Lipinski definition) is 12. The largest absolute Gasteiger partial charge is 0.455 e. The lowest BCUT2D eigenvalue weighted by Gasteiger charge is -2.14. The normalized spacial score (nSPS) is 17.2. The topological polar surface area (TPSA) is 131 Å². The first-order valence-electron chi connectivity index (χ1n) is 11.6. The van der Waals surface area contributed by atoms with Gasteiger partial charge in [0.1, 0.15) is 22.9 Å². The van der Waals surface area contributed by atoms with Crippen LogP contribution in [-0.4, -0.2) is 20.8 Å². The van der Waals surface area contributed by atoms with Gasteiger partial charge in [-0.15, -0.1) is 9.88 Å². The van der Waals surface area contributed by atoms with Crippen molar-refractivity contribution in [3.05, 3.63) is 102 Å². The van der Waals surface area contributed by atoms with Crippen molar-refractivity contribution >= 4 is 22.7 Å². The molecule has 0 saturated heterocycles. The van der Waals surface area contributed by atoms with Crippen molar-refractivity contribution in [2.75, 3.05) is 20.9 Å². The zero-order valence-electron chi connectivity index (χ0n) is 19.7. The van der Waals surface area contributed by atoms with Crippen LogP contribution in [0.3, 0.4) is 0 Å². The molecule has 0 atom stereocenters. The predicted octanol–water partition coefficient (Wildman–Crippen LogP) is 5.37. The highest BCUT2D eigenvalue weighted by Crippen LogP contribution is 2.44. The minimum absolute atomic E-state index is 0.193. The Kier molecular flexibility index (Phi) is 6.09. The number of hydrogen-bond donors (Lipinski definition) is 4. The molecule has 4 N–H and O–H groups in total. The number of fused-ring (bicyclic) bond motifs is 2. The third-order valence-corrected chi connectivity index (χ3v) is 6.04. The summed E-state index contributed by atoms with van der Waals surface area (Å²) < 4.78 is 11.8. The number of ether oxygens (including phenoxy) is 2. The molecule has 0 unspecified atom stereocenters. The Labute approximate surface area is 216 Å². The number of rotatable bonds is 6. The summed E-state index contributed by atoms with van der Waals surface area (Å²) in [4.78, 5) is 9.46. The minimum atomic E-state index is 0.193. The lowest BCUT2D eigenvalue weighted by Crippen LogP contribution is -2.21. The van der Waals surface area contributed by atoms with E-state index in [1.165, 1.54) is 0 Å². The Bertz CT molecular complexity index is 1460. The van der Waals surface area contributed by atoms with Gasteiger partial charge in [-0.05, 0) is 72.5 Å². The van der Waals surface area contributed by atoms with Crippen LogP contribution >= 0.6 is 0 Å². The van der Waals surface area contributed by atoms with E-state index in [1.54, 1.807) is 36.4 Å². The SMILES string of the molecule is ON1ON(O)c2c(OC3=CC/C(=C/Cc4ccc(Oc5cccc6c5N(O)ON6O)cc4)C=C3)cccc21. The van der Waals surface area contributed by atoms with Crippen molar-refractivity contribution in [1.82, 2.24) is 0 Å². The Morgan fingerprint density at radius 3 is 1.89 bits per heavy atom. The summed E-state index contributed by atoms with van der Waals surface area (Å²) >= 11 is 0. The van der Waals surface area contributed by atoms with Gasteiger partial charge in [0.2, 0.25) is 0 Å². The van der Waals surface area contributed by atoms with Crippen molar-refractivity contribution in [2.24, 2.45) is 0 Å². The Balaban J connectivity index is 1.07. The first-order valence-corrected chi connectivity index (χ1v) is 11.6. The molecule has 0 amide bonds. The fourth-order valence-electron chi connectivity index (χ4n) is 4.16. The Morgan fingerprint density at radius 2 is 1.32 bits per heavy atom. The molecule has 6 rings (SSSR count). The van der Waals surface area contributed by atoms with Crippen molar-refractivity contribution in [2.45, 2.75) is 12.8 Å². The number of para-hydroxylation sites is 2. The molecular formula is C26H22N4O8. The molecule has 3 aromatic rings. The molecule has 194 valence electrons. The number of allylic oxidation sites excluding steroid dienone is 5. The average molecular weight is 518 g/mol. The fourth-order valence-corrected chi connectivity index (χ4v) is 4.16. The Hall–Kier alpha value is -4.56. The molecule has 3 aromatic carbocycles. The van der Waals surface area contributed by atoms with Gasteiger partial charge in [-0.2, -0.15) is 0 Å². The van der Waals surface area contributed by atoms with Gasteiger partial charge < -0.3 is 9.47 Å². The monoisotopic (exact) mass is 518 g/mol. The standard InChI is InChI=1S/C26H22N4O8/c31-27-21-3-1-5-23(25(21)29(33)37-27)35-19-13-9-17(10-14-19)7-8-18-11-15-20(16-12-18)36-24-6-2-4-22-26(24)30(34)38-28(22)32/h1-7,9,11-16,31-34H,8,10H2/b17-7+. The summed E-state index contributed by atoms with van der Waals surface area (Å²) in [6, 6.07) is 17.4. The molecular weight excluding hydrogens is 496 g/mol. The third-order valence-electron chi connectivity index (χ3n) is 6.04. The van der Waals surface area contributed by atoms with Crippen LogP contribution in [0, 0.1) is 0 Å². The van der Waals surface area contributed by atoms with E-state index in [0.29, 0.717) is 56.8 Å². The van der Waals surface area contributed by atoms with Gasteiger partial charge >= 0.3 is 0 Å². The van der Waals surface area contributed by atoms with Crippen LogP contribution in [0.5, 0.6) is 17.2 Å². The molecule has 0 radical (unpaired) electrons. The summed E-state index contributed by atoms with van der Waals surface area (Å²) in [5.74, 6) is 1.82. The molecule has 2 heterocycles. The van der Waals surface area contributed by atoms with Crippen LogP contribution in [0.1, 0.15) is 12.0 Å². The zero-order chi connectivity index (χ0) is 26.2. The van der Waals surface area contributed by atoms with Crippen LogP contribution in [-0.2, 0) is 16.3 Å². The maximum absolute atomic E-state index is 9.88. The first-order chi connectivity index (χ1) is 18.5. The lowest BCUT2D eigenvalue weighted by atomic mass is 10.0. The van der Waals surface area contributed by atoms with Gasteiger partial charge in [0.25, 0.3) is 0 Å². The number of anilines is 4. The first kappa shape index (κ1) is 23.8. The van der Waals surface area contributed by atoms with Crippen molar-refractivity contribution in [3.8, 4) is 17.2 Å². The molecule has 0 saturated carbocycles. The molecule has 38 heavy (non-hydrogen) atoms. The van der Waals surface area contributed by atoms with Crippen LogP contribution in [0.15, 0.2) is 96.3 Å². The third kappa shape index (κ3) is 4.50. The zero-order valence-corrected chi connectivity index (χ0v) is 19.7. The quantitative estimate of drug-likeness (QED) is 0.334. The van der Waals surface area contributed by atoms with Gasteiger partial charge in [-0.1, -0.05) is 57.3 Å². The summed E-state index contributed by atoms with van der Waals surface area (Å²) in [7, 11) is 0. The van der Waals surface area contributed by atoms with Gasteiger partial charge in [0.05, 0.1) is 0 Å². The predicted molar refractivity (Wildman–Crippen MR) is 133 cm³/mol. The van der Waals surface area contributed by atoms with Gasteiger partial charge in [0.15, 0.2) is 22.9 Å². The second-order valence-corrected chi connectivity index (χ2v) is 8.48. The highest BCUT2D eigenvalue weighted by atomic mass is 17.1. The van der Waals surface area contributed by atoms with E-state index in [4.69, 9.17) is 19.4 Å². The van der Waals surface area contributed by atoms with Gasteiger partial charge in [-0.25, -0.2) is 0 Å². The van der Waals surface area contributed by atoms with Crippen LogP contribution < -0.4 is 30.4 Å². The maximum atomic E-state index is 9.88. The number of nitrogens with zero attached hydrogens (tertiary/aromatic N) is 4. The smallest absolute Gasteiger partial charge is 0.168 e. The summed E-state index contributed by atoms with van der Waals surface area (Å²) in [6.45, 7) is 0. The van der Waals surface area contributed by atoms with Crippen LogP contribution in [0.25, 0.3) is 0 Å². The summed E-state index contributed by atoms with van der Waals surface area (Å²) in [5.41, 5.74) is 3.10. The average Bonchev–Trinajstić information content (AvgIpc) is 3.39. The number of benzene rings is 3. The Morgan fingerprint density at radius 1 is 0.711 bits per heavy atom. The molecule has 2 aliphatic heterocycles. The molecule has 12 heteroatoms. The molecule has 0 fully saturated rings. The molecule has 12 nitrogen and oxygen atoms in total. The van der Waals surface area contributed by atoms with E-state index >= 15 is 0 Å². The lowest BCUT2D eigenvalue weighted by molar-refractivity contribution is -0.116. The molecule has 1 aliphatic carbocycles. The van der Waals surface area contributed by atoms with E-state index in [0.717, 1.165) is 11.1 Å².